The molecule has 1 rings (SSSR count). The first-order chi connectivity index (χ1) is 8.08. The lowest BCUT2D eigenvalue weighted by atomic mass is 9.90. The van der Waals surface area contributed by atoms with Gasteiger partial charge in [-0.2, -0.15) is 0 Å². The Morgan fingerprint density at radius 2 is 2.00 bits per heavy atom. The number of rotatable bonds is 5. The van der Waals surface area contributed by atoms with Crippen LogP contribution in [0.15, 0.2) is 5.16 Å². The number of β-amino-alcohol motifs (C(OH)–C–C–N with tert-alkyl or cyclic N) is 1. The van der Waals surface area contributed by atoms with Crippen molar-refractivity contribution in [1.82, 2.24) is 4.90 Å². The highest BCUT2D eigenvalue weighted by atomic mass is 16.4. The Morgan fingerprint density at radius 3 is 2.47 bits per heavy atom. The number of nitrogens with zero attached hydrogens (tertiary/aromatic N) is 2. The molecule has 1 atom stereocenters. The molecule has 1 aliphatic heterocycles. The van der Waals surface area contributed by atoms with Gasteiger partial charge >= 0.3 is 0 Å². The molecule has 1 saturated heterocycles. The van der Waals surface area contributed by atoms with Gasteiger partial charge in [0.1, 0.15) is 0 Å². The molecule has 0 aliphatic carbocycles. The molecular weight excluding hydrogens is 216 g/mol. The van der Waals surface area contributed by atoms with Gasteiger partial charge in [-0.05, 0) is 19.3 Å². The first kappa shape index (κ1) is 14.5. The third-order valence-electron chi connectivity index (χ3n) is 4.09. The lowest BCUT2D eigenvalue weighted by Crippen LogP contribution is -2.48. The quantitative estimate of drug-likeness (QED) is 0.573. The van der Waals surface area contributed by atoms with E-state index in [9.17, 15) is 5.11 Å². The molecule has 100 valence electrons. The molecule has 0 aromatic rings. The van der Waals surface area contributed by atoms with Gasteiger partial charge in [0.2, 0.25) is 0 Å². The van der Waals surface area contributed by atoms with Crippen molar-refractivity contribution < 1.29 is 10.3 Å². The zero-order valence-corrected chi connectivity index (χ0v) is 11.3. The number of hydrogen-bond acceptors (Lipinski definition) is 4. The maximum absolute atomic E-state index is 10.3. The van der Waals surface area contributed by atoms with Crippen molar-refractivity contribution in [3.63, 3.8) is 0 Å². The fraction of sp³-hybridized carbons (Fsp3) is 0.923. The Morgan fingerprint density at radius 1 is 1.35 bits per heavy atom. The van der Waals surface area contributed by atoms with E-state index in [4.69, 9.17) is 5.21 Å². The fourth-order valence-electron chi connectivity index (χ4n) is 2.51. The van der Waals surface area contributed by atoms with Crippen molar-refractivity contribution in [2.45, 2.75) is 52.1 Å². The van der Waals surface area contributed by atoms with Crippen molar-refractivity contribution in [2.75, 3.05) is 19.6 Å². The molecule has 0 saturated carbocycles. The van der Waals surface area contributed by atoms with Crippen LogP contribution in [0.2, 0.25) is 0 Å². The number of aliphatic hydroxyl groups is 1. The summed E-state index contributed by atoms with van der Waals surface area (Å²) < 4.78 is 0. The highest BCUT2D eigenvalue weighted by molar-refractivity contribution is 5.87. The van der Waals surface area contributed by atoms with Crippen LogP contribution in [-0.2, 0) is 0 Å². The molecule has 1 fully saturated rings. The number of oxime groups is 1. The summed E-state index contributed by atoms with van der Waals surface area (Å²) in [5.41, 5.74) is 0.354. The van der Waals surface area contributed by atoms with Crippen molar-refractivity contribution in [3.05, 3.63) is 0 Å². The van der Waals surface area contributed by atoms with Gasteiger partial charge in [-0.3, -0.25) is 4.90 Å². The third-order valence-corrected chi connectivity index (χ3v) is 4.09. The zero-order chi connectivity index (χ0) is 12.9. The van der Waals surface area contributed by atoms with E-state index >= 15 is 0 Å². The first-order valence-corrected chi connectivity index (χ1v) is 6.74. The van der Waals surface area contributed by atoms with Gasteiger partial charge in [0.05, 0.1) is 11.3 Å². The van der Waals surface area contributed by atoms with Crippen LogP contribution in [0.25, 0.3) is 0 Å². The molecule has 0 amide bonds. The predicted octanol–water partition coefficient (Wildman–Crippen LogP) is 2.10. The Hall–Kier alpha value is -0.610. The maximum Gasteiger partial charge on any atom is 0.0768 e. The van der Waals surface area contributed by atoms with Gasteiger partial charge in [0.15, 0.2) is 0 Å². The smallest absolute Gasteiger partial charge is 0.0768 e. The highest BCUT2D eigenvalue weighted by Gasteiger charge is 2.30. The van der Waals surface area contributed by atoms with Gasteiger partial charge in [-0.25, -0.2) is 0 Å². The van der Waals surface area contributed by atoms with E-state index in [1.807, 2.05) is 13.8 Å². The van der Waals surface area contributed by atoms with E-state index in [2.05, 4.69) is 17.0 Å². The van der Waals surface area contributed by atoms with Gasteiger partial charge in [-0.15, -0.1) is 0 Å². The molecule has 0 radical (unpaired) electrons. The van der Waals surface area contributed by atoms with Gasteiger partial charge in [-0.1, -0.05) is 25.9 Å². The molecule has 1 aliphatic rings. The second kappa shape index (κ2) is 6.36. The summed E-state index contributed by atoms with van der Waals surface area (Å²) in [6.45, 7) is 8.70. The number of hydrogen-bond donors (Lipinski definition) is 2. The molecule has 2 N–H and O–H groups in total. The molecule has 1 unspecified atom stereocenters. The molecule has 4 heteroatoms. The van der Waals surface area contributed by atoms with E-state index in [-0.39, 0.29) is 0 Å². The van der Waals surface area contributed by atoms with Gasteiger partial charge in [0.25, 0.3) is 0 Å². The second-order valence-corrected chi connectivity index (χ2v) is 5.11. The Kier molecular flexibility index (Phi) is 5.40. The standard InChI is InChI=1S/C13H26N2O2/c1-4-11-9-15(8-7-12(11)14-17)10-13(16,5-2)6-3/h11,16-17H,4-10H2,1-3H3. The predicted molar refractivity (Wildman–Crippen MR) is 69.6 cm³/mol. The topological polar surface area (TPSA) is 56.1 Å². The summed E-state index contributed by atoms with van der Waals surface area (Å²) in [5.74, 6) is 0.340. The van der Waals surface area contributed by atoms with Crippen LogP contribution in [-0.4, -0.2) is 46.2 Å². The van der Waals surface area contributed by atoms with E-state index in [0.29, 0.717) is 5.92 Å². The van der Waals surface area contributed by atoms with Crippen molar-refractivity contribution in [3.8, 4) is 0 Å². The molecule has 0 bridgehead atoms. The van der Waals surface area contributed by atoms with E-state index < -0.39 is 5.60 Å². The summed E-state index contributed by atoms with van der Waals surface area (Å²) >= 11 is 0. The summed E-state index contributed by atoms with van der Waals surface area (Å²) in [5, 5.41) is 22.7. The zero-order valence-electron chi connectivity index (χ0n) is 11.3. The number of piperidine rings is 1. The third kappa shape index (κ3) is 3.68. The van der Waals surface area contributed by atoms with Crippen molar-refractivity contribution in [2.24, 2.45) is 11.1 Å². The van der Waals surface area contributed by atoms with Crippen LogP contribution in [0.3, 0.4) is 0 Å². The van der Waals surface area contributed by atoms with Gasteiger partial charge < -0.3 is 10.3 Å². The van der Waals surface area contributed by atoms with Crippen molar-refractivity contribution in [1.29, 1.82) is 0 Å². The van der Waals surface area contributed by atoms with E-state index in [1.54, 1.807) is 0 Å². The largest absolute Gasteiger partial charge is 0.411 e. The van der Waals surface area contributed by atoms with Crippen LogP contribution in [0.4, 0.5) is 0 Å². The molecule has 0 aromatic heterocycles. The average Bonchev–Trinajstić information content (AvgIpc) is 2.38. The van der Waals surface area contributed by atoms with Crippen LogP contribution < -0.4 is 0 Å². The minimum absolute atomic E-state index is 0.340. The fourth-order valence-corrected chi connectivity index (χ4v) is 2.51. The van der Waals surface area contributed by atoms with E-state index in [0.717, 1.165) is 51.0 Å². The monoisotopic (exact) mass is 242 g/mol. The van der Waals surface area contributed by atoms with Crippen LogP contribution in [0.1, 0.15) is 46.5 Å². The minimum atomic E-state index is -0.563. The number of likely N-dealkylation sites (tertiary alicyclic amines) is 1. The maximum atomic E-state index is 10.3. The second-order valence-electron chi connectivity index (χ2n) is 5.11. The molecule has 4 nitrogen and oxygen atoms in total. The average molecular weight is 242 g/mol. The Bertz CT molecular complexity index is 262. The Balaban J connectivity index is 2.58. The Labute approximate surface area is 104 Å². The van der Waals surface area contributed by atoms with Crippen molar-refractivity contribution >= 4 is 5.71 Å². The molecular formula is C13H26N2O2. The minimum Gasteiger partial charge on any atom is -0.411 e. The SMILES string of the molecule is CCC1CN(CC(O)(CC)CC)CCC1=NO. The van der Waals surface area contributed by atoms with Crippen LogP contribution in [0.5, 0.6) is 0 Å². The summed E-state index contributed by atoms with van der Waals surface area (Å²) in [7, 11) is 0. The van der Waals surface area contributed by atoms with Gasteiger partial charge in [0, 0.05) is 32.0 Å². The summed E-state index contributed by atoms with van der Waals surface area (Å²) in [6, 6.07) is 0. The van der Waals surface area contributed by atoms with E-state index in [1.165, 1.54) is 0 Å². The van der Waals surface area contributed by atoms with Crippen LogP contribution in [0, 0.1) is 5.92 Å². The molecule has 1 heterocycles. The first-order valence-electron chi connectivity index (χ1n) is 6.74. The van der Waals surface area contributed by atoms with Crippen LogP contribution >= 0.6 is 0 Å². The normalized spacial score (nSPS) is 25.4. The highest BCUT2D eigenvalue weighted by Crippen LogP contribution is 2.22. The lowest BCUT2D eigenvalue weighted by molar-refractivity contribution is -0.00695. The molecule has 0 aromatic carbocycles. The summed E-state index contributed by atoms with van der Waals surface area (Å²) in [4.78, 5) is 2.30. The lowest BCUT2D eigenvalue weighted by Gasteiger charge is -2.38. The molecule has 0 spiro atoms. The summed E-state index contributed by atoms with van der Waals surface area (Å²) in [6.07, 6.45) is 3.39. The molecule has 17 heavy (non-hydrogen) atoms.